The van der Waals surface area contributed by atoms with Crippen molar-refractivity contribution in [1.82, 2.24) is 0 Å². The van der Waals surface area contributed by atoms with Gasteiger partial charge in [-0.1, -0.05) is 48.5 Å². The summed E-state index contributed by atoms with van der Waals surface area (Å²) < 4.78 is 5.88. The van der Waals surface area contributed by atoms with Gasteiger partial charge in [-0.2, -0.15) is 0 Å². The number of hydrogen-bond acceptors (Lipinski definition) is 3. The Morgan fingerprint density at radius 1 is 1.10 bits per heavy atom. The summed E-state index contributed by atoms with van der Waals surface area (Å²) in [6, 6.07) is 17.2. The van der Waals surface area contributed by atoms with Gasteiger partial charge in [0.15, 0.2) is 5.60 Å². The number of nitrogens with two attached hydrogens (primary N) is 1. The molecule has 0 spiro atoms. The summed E-state index contributed by atoms with van der Waals surface area (Å²) in [4.78, 5) is 0. The normalized spacial score (nSPS) is 14.3. The molecule has 3 rings (SSSR count). The molecule has 3 N–H and O–H groups in total. The molecule has 0 aliphatic carbocycles. The zero-order valence-corrected chi connectivity index (χ0v) is 11.3. The predicted octanol–water partition coefficient (Wildman–Crippen LogP) is 2.94. The Morgan fingerprint density at radius 3 is 2.50 bits per heavy atom. The molecule has 1 aromatic heterocycles. The largest absolute Gasteiger partial charge is 0.457 e. The van der Waals surface area contributed by atoms with Crippen molar-refractivity contribution >= 4 is 11.0 Å². The fourth-order valence-electron chi connectivity index (χ4n) is 2.49. The maximum atomic E-state index is 10.9. The number of aliphatic hydroxyl groups is 1. The van der Waals surface area contributed by atoms with Crippen molar-refractivity contribution in [2.75, 3.05) is 6.54 Å². The fourth-order valence-corrected chi connectivity index (χ4v) is 2.49. The molecule has 0 saturated heterocycles. The Hall–Kier alpha value is -2.10. The molecule has 0 radical (unpaired) electrons. The van der Waals surface area contributed by atoms with E-state index in [9.17, 15) is 5.11 Å². The van der Waals surface area contributed by atoms with Crippen molar-refractivity contribution in [1.29, 1.82) is 0 Å². The summed E-state index contributed by atoms with van der Waals surface area (Å²) in [6.07, 6.45) is 0. The van der Waals surface area contributed by atoms with Crippen molar-refractivity contribution in [3.63, 3.8) is 0 Å². The Morgan fingerprint density at radius 2 is 1.85 bits per heavy atom. The van der Waals surface area contributed by atoms with Crippen molar-refractivity contribution in [3.8, 4) is 0 Å². The van der Waals surface area contributed by atoms with Gasteiger partial charge in [0.05, 0.1) is 0 Å². The Labute approximate surface area is 117 Å². The van der Waals surface area contributed by atoms with E-state index in [0.29, 0.717) is 5.76 Å². The lowest BCUT2D eigenvalue weighted by Crippen LogP contribution is -2.35. The minimum Gasteiger partial charge on any atom is -0.457 e. The monoisotopic (exact) mass is 267 g/mol. The second kappa shape index (κ2) is 4.78. The second-order valence-corrected chi connectivity index (χ2v) is 5.03. The van der Waals surface area contributed by atoms with Gasteiger partial charge in [-0.15, -0.1) is 0 Å². The number of aryl methyl sites for hydroxylation is 1. The van der Waals surface area contributed by atoms with Crippen LogP contribution in [-0.2, 0) is 5.60 Å². The highest BCUT2D eigenvalue weighted by atomic mass is 16.4. The summed E-state index contributed by atoms with van der Waals surface area (Å²) in [7, 11) is 0. The highest BCUT2D eigenvalue weighted by Gasteiger charge is 2.33. The molecule has 0 amide bonds. The maximum absolute atomic E-state index is 10.9. The van der Waals surface area contributed by atoms with Gasteiger partial charge >= 0.3 is 0 Å². The summed E-state index contributed by atoms with van der Waals surface area (Å²) in [5, 5.41) is 11.9. The van der Waals surface area contributed by atoms with Gasteiger partial charge in [0.25, 0.3) is 0 Å². The maximum Gasteiger partial charge on any atom is 0.159 e. The van der Waals surface area contributed by atoms with Crippen LogP contribution in [-0.4, -0.2) is 11.7 Å². The van der Waals surface area contributed by atoms with E-state index >= 15 is 0 Å². The number of furan rings is 1. The highest BCUT2D eigenvalue weighted by Crippen LogP contribution is 2.33. The second-order valence-electron chi connectivity index (χ2n) is 5.03. The first-order valence-corrected chi connectivity index (χ1v) is 6.63. The summed E-state index contributed by atoms with van der Waals surface area (Å²) in [6.45, 7) is 2.05. The molecule has 0 aliphatic heterocycles. The highest BCUT2D eigenvalue weighted by molar-refractivity contribution is 5.81. The van der Waals surface area contributed by atoms with Gasteiger partial charge < -0.3 is 15.3 Å². The lowest BCUT2D eigenvalue weighted by molar-refractivity contribution is 0.0675. The van der Waals surface area contributed by atoms with E-state index in [1.807, 2.05) is 61.5 Å². The molecule has 1 heterocycles. The SMILES string of the molecule is Cc1cccc2cc(C(O)(CN)c3ccccc3)oc12. The van der Waals surface area contributed by atoms with Gasteiger partial charge in [-0.3, -0.25) is 0 Å². The summed E-state index contributed by atoms with van der Waals surface area (Å²) in [5.41, 5.74) is 7.10. The van der Waals surface area contributed by atoms with Crippen LogP contribution in [0.4, 0.5) is 0 Å². The van der Waals surface area contributed by atoms with Gasteiger partial charge in [-0.25, -0.2) is 0 Å². The van der Waals surface area contributed by atoms with Crippen LogP contribution in [0.2, 0.25) is 0 Å². The molecule has 0 saturated carbocycles. The molecule has 1 atom stereocenters. The van der Waals surface area contributed by atoms with Gasteiger partial charge in [0, 0.05) is 11.9 Å². The predicted molar refractivity (Wildman–Crippen MR) is 79.4 cm³/mol. The molecule has 1 unspecified atom stereocenters. The van der Waals surface area contributed by atoms with Crippen LogP contribution in [0.15, 0.2) is 59.0 Å². The number of rotatable bonds is 3. The van der Waals surface area contributed by atoms with Gasteiger partial charge in [0.1, 0.15) is 11.3 Å². The Balaban J connectivity index is 2.19. The Bertz CT molecular complexity index is 733. The smallest absolute Gasteiger partial charge is 0.159 e. The van der Waals surface area contributed by atoms with E-state index in [0.717, 1.165) is 22.1 Å². The van der Waals surface area contributed by atoms with Crippen molar-refractivity contribution < 1.29 is 9.52 Å². The molecule has 3 aromatic rings. The lowest BCUT2D eigenvalue weighted by Gasteiger charge is -2.24. The number of fused-ring (bicyclic) bond motifs is 1. The van der Waals surface area contributed by atoms with Crippen molar-refractivity contribution in [3.05, 3.63) is 71.5 Å². The fraction of sp³-hybridized carbons (Fsp3) is 0.176. The molecule has 0 aliphatic rings. The van der Waals surface area contributed by atoms with Gasteiger partial charge in [0.2, 0.25) is 0 Å². The van der Waals surface area contributed by atoms with Crippen LogP contribution in [0.1, 0.15) is 16.9 Å². The third-order valence-corrected chi connectivity index (χ3v) is 3.70. The lowest BCUT2D eigenvalue weighted by atomic mass is 9.91. The first kappa shape index (κ1) is 12.9. The molecule has 20 heavy (non-hydrogen) atoms. The average molecular weight is 267 g/mol. The van der Waals surface area contributed by atoms with Gasteiger partial charge in [-0.05, 0) is 24.1 Å². The van der Waals surface area contributed by atoms with Crippen LogP contribution in [0.5, 0.6) is 0 Å². The molecule has 102 valence electrons. The minimum absolute atomic E-state index is 0.0654. The quantitative estimate of drug-likeness (QED) is 0.767. The summed E-state index contributed by atoms with van der Waals surface area (Å²) in [5.74, 6) is 0.482. The van der Waals surface area contributed by atoms with E-state index in [2.05, 4.69) is 0 Å². The molecular formula is C17H17NO2. The zero-order valence-electron chi connectivity index (χ0n) is 11.3. The topological polar surface area (TPSA) is 59.4 Å². The van der Waals surface area contributed by atoms with Crippen molar-refractivity contribution in [2.24, 2.45) is 5.73 Å². The number of para-hydroxylation sites is 1. The molecule has 3 heteroatoms. The van der Waals surface area contributed by atoms with E-state index < -0.39 is 5.60 Å². The van der Waals surface area contributed by atoms with Crippen molar-refractivity contribution in [2.45, 2.75) is 12.5 Å². The van der Waals surface area contributed by atoms with E-state index in [-0.39, 0.29) is 6.54 Å². The van der Waals surface area contributed by atoms with E-state index in [1.165, 1.54) is 0 Å². The van der Waals surface area contributed by atoms with Crippen LogP contribution < -0.4 is 5.73 Å². The first-order chi connectivity index (χ1) is 9.65. The molecule has 2 aromatic carbocycles. The number of benzene rings is 2. The summed E-state index contributed by atoms with van der Waals surface area (Å²) >= 11 is 0. The van der Waals surface area contributed by atoms with E-state index in [1.54, 1.807) is 0 Å². The first-order valence-electron chi connectivity index (χ1n) is 6.63. The molecule has 0 fully saturated rings. The van der Waals surface area contributed by atoms with Crippen LogP contribution in [0, 0.1) is 6.92 Å². The molecular weight excluding hydrogens is 250 g/mol. The zero-order chi connectivity index (χ0) is 14.2. The van der Waals surface area contributed by atoms with E-state index in [4.69, 9.17) is 10.2 Å². The minimum atomic E-state index is -1.30. The third kappa shape index (κ3) is 1.92. The van der Waals surface area contributed by atoms with Crippen LogP contribution in [0.3, 0.4) is 0 Å². The third-order valence-electron chi connectivity index (χ3n) is 3.70. The molecule has 3 nitrogen and oxygen atoms in total. The number of hydrogen-bond donors (Lipinski definition) is 2. The molecule has 0 bridgehead atoms. The van der Waals surface area contributed by atoms with Crippen LogP contribution >= 0.6 is 0 Å². The Kier molecular flexibility index (Phi) is 3.08. The standard InChI is InChI=1S/C17H17NO2/c1-12-6-5-7-13-10-15(20-16(12)13)17(19,11-18)14-8-3-2-4-9-14/h2-10,19H,11,18H2,1H3. The van der Waals surface area contributed by atoms with Crippen LogP contribution in [0.25, 0.3) is 11.0 Å². The average Bonchev–Trinajstić information content (AvgIpc) is 2.93.